The van der Waals surface area contributed by atoms with Gasteiger partial charge in [0.25, 0.3) is 5.91 Å². The largest absolute Gasteiger partial charge is 0.355 e. The van der Waals surface area contributed by atoms with E-state index in [1.54, 1.807) is 0 Å². The molecule has 1 aliphatic rings. The zero-order valence-electron chi connectivity index (χ0n) is 17.4. The summed E-state index contributed by atoms with van der Waals surface area (Å²) < 4.78 is 3.13. The molecule has 29 heavy (non-hydrogen) atoms. The Balaban J connectivity index is 1.66. The molecule has 0 spiro atoms. The van der Waals surface area contributed by atoms with Gasteiger partial charge in [-0.3, -0.25) is 14.5 Å². The predicted molar refractivity (Wildman–Crippen MR) is 119 cm³/mol. The fourth-order valence-corrected chi connectivity index (χ4v) is 4.18. The van der Waals surface area contributed by atoms with E-state index in [2.05, 4.69) is 36.8 Å². The first kappa shape index (κ1) is 21.6. The van der Waals surface area contributed by atoms with Crippen LogP contribution in [-0.2, 0) is 4.79 Å². The Labute approximate surface area is 181 Å². The Kier molecular flexibility index (Phi) is 7.14. The maximum atomic E-state index is 13.2. The van der Waals surface area contributed by atoms with Crippen molar-refractivity contribution in [3.8, 4) is 5.69 Å². The highest BCUT2D eigenvalue weighted by Crippen LogP contribution is 2.24. The third-order valence-electron chi connectivity index (χ3n) is 5.33. The summed E-state index contributed by atoms with van der Waals surface area (Å²) >= 11 is 3.52. The normalized spacial score (nSPS) is 14.8. The predicted octanol–water partition coefficient (Wildman–Crippen LogP) is 3.14. The number of nitrogens with one attached hydrogen (secondary N) is 1. The third-order valence-corrected chi connectivity index (χ3v) is 5.82. The van der Waals surface area contributed by atoms with E-state index < -0.39 is 0 Å². The monoisotopic (exact) mass is 460 g/mol. The Hall–Kier alpha value is -2.12. The number of piperazine rings is 1. The molecule has 1 saturated heterocycles. The highest BCUT2D eigenvalue weighted by atomic mass is 79.9. The second-order valence-corrected chi connectivity index (χ2v) is 8.43. The van der Waals surface area contributed by atoms with E-state index in [0.717, 1.165) is 46.6 Å². The number of rotatable bonds is 6. The fourth-order valence-electron chi connectivity index (χ4n) is 3.79. The number of carbonyl (C=O) groups is 2. The lowest BCUT2D eigenvalue weighted by molar-refractivity contribution is -0.122. The smallest absolute Gasteiger partial charge is 0.255 e. The molecule has 0 atom stereocenters. The number of hydrogen-bond donors (Lipinski definition) is 1. The lowest BCUT2D eigenvalue weighted by atomic mass is 10.2. The summed E-state index contributed by atoms with van der Waals surface area (Å²) in [6, 6.07) is 10.1. The standard InChI is InChI=1S/C22H29BrN4O2/c1-4-8-24-21(28)15-25-9-11-26(12-10-25)22(29)20-13-16(2)27(17(20)3)19-7-5-6-18(23)14-19/h5-7,13-14H,4,8-12,15H2,1-3H3,(H,24,28). The lowest BCUT2D eigenvalue weighted by Gasteiger charge is -2.34. The van der Waals surface area contributed by atoms with Gasteiger partial charge in [0.05, 0.1) is 12.1 Å². The summed E-state index contributed by atoms with van der Waals surface area (Å²) in [6.07, 6.45) is 0.937. The molecule has 3 rings (SSSR count). The second kappa shape index (κ2) is 9.59. The second-order valence-electron chi connectivity index (χ2n) is 7.52. The van der Waals surface area contributed by atoms with Gasteiger partial charge in [0.15, 0.2) is 0 Å². The van der Waals surface area contributed by atoms with Gasteiger partial charge in [0.1, 0.15) is 0 Å². The molecule has 1 fully saturated rings. The van der Waals surface area contributed by atoms with Crippen molar-refractivity contribution in [2.24, 2.45) is 0 Å². The number of nitrogens with zero attached hydrogens (tertiary/aromatic N) is 3. The summed E-state index contributed by atoms with van der Waals surface area (Å²) in [5.41, 5.74) is 3.77. The van der Waals surface area contributed by atoms with Crippen LogP contribution in [0.1, 0.15) is 35.1 Å². The quantitative estimate of drug-likeness (QED) is 0.719. The molecule has 0 bridgehead atoms. The molecule has 6 nitrogen and oxygen atoms in total. The molecule has 2 heterocycles. The van der Waals surface area contributed by atoms with E-state index in [1.165, 1.54) is 0 Å². The average molecular weight is 461 g/mol. The molecule has 0 radical (unpaired) electrons. The number of aromatic nitrogens is 1. The van der Waals surface area contributed by atoms with Crippen molar-refractivity contribution >= 4 is 27.7 Å². The summed E-state index contributed by atoms with van der Waals surface area (Å²) in [5.74, 6) is 0.124. The Bertz CT molecular complexity index is 885. The third kappa shape index (κ3) is 5.08. The summed E-state index contributed by atoms with van der Waals surface area (Å²) in [7, 11) is 0. The van der Waals surface area contributed by atoms with Crippen molar-refractivity contribution in [2.75, 3.05) is 39.3 Å². The first-order chi connectivity index (χ1) is 13.9. The van der Waals surface area contributed by atoms with Crippen LogP contribution >= 0.6 is 15.9 Å². The van der Waals surface area contributed by atoms with Gasteiger partial charge >= 0.3 is 0 Å². The zero-order chi connectivity index (χ0) is 21.0. The molecule has 1 aromatic heterocycles. The molecule has 1 aromatic carbocycles. The molecule has 1 N–H and O–H groups in total. The Morgan fingerprint density at radius 3 is 2.48 bits per heavy atom. The Morgan fingerprint density at radius 2 is 1.83 bits per heavy atom. The number of amides is 2. The van der Waals surface area contributed by atoms with Gasteiger partial charge < -0.3 is 14.8 Å². The lowest BCUT2D eigenvalue weighted by Crippen LogP contribution is -2.51. The number of benzene rings is 1. The van der Waals surface area contributed by atoms with Crippen LogP contribution in [0.15, 0.2) is 34.8 Å². The van der Waals surface area contributed by atoms with Gasteiger partial charge in [-0.1, -0.05) is 28.9 Å². The van der Waals surface area contributed by atoms with Crippen molar-refractivity contribution in [1.82, 2.24) is 19.7 Å². The van der Waals surface area contributed by atoms with Crippen LogP contribution in [-0.4, -0.2) is 65.4 Å². The highest BCUT2D eigenvalue weighted by Gasteiger charge is 2.26. The maximum Gasteiger partial charge on any atom is 0.255 e. The van der Waals surface area contributed by atoms with Crippen LogP contribution in [0.5, 0.6) is 0 Å². The van der Waals surface area contributed by atoms with Crippen LogP contribution in [0, 0.1) is 13.8 Å². The topological polar surface area (TPSA) is 57.6 Å². The molecule has 2 aromatic rings. The van der Waals surface area contributed by atoms with Crippen LogP contribution in [0.25, 0.3) is 5.69 Å². The number of hydrogen-bond acceptors (Lipinski definition) is 3. The molecule has 0 unspecified atom stereocenters. The van der Waals surface area contributed by atoms with Crippen molar-refractivity contribution < 1.29 is 9.59 Å². The molecular weight excluding hydrogens is 432 g/mol. The van der Waals surface area contributed by atoms with Gasteiger partial charge in [-0.15, -0.1) is 0 Å². The zero-order valence-corrected chi connectivity index (χ0v) is 19.0. The Morgan fingerprint density at radius 1 is 1.10 bits per heavy atom. The van der Waals surface area contributed by atoms with Gasteiger partial charge in [0, 0.05) is 54.3 Å². The first-order valence-corrected chi connectivity index (χ1v) is 10.9. The maximum absolute atomic E-state index is 13.2. The molecule has 7 heteroatoms. The number of halogens is 1. The molecule has 0 saturated carbocycles. The minimum Gasteiger partial charge on any atom is -0.355 e. The average Bonchev–Trinajstić information content (AvgIpc) is 3.00. The van der Waals surface area contributed by atoms with Gasteiger partial charge in [0.2, 0.25) is 5.91 Å². The van der Waals surface area contributed by atoms with E-state index in [1.807, 2.05) is 49.9 Å². The van der Waals surface area contributed by atoms with E-state index in [-0.39, 0.29) is 11.8 Å². The van der Waals surface area contributed by atoms with E-state index in [0.29, 0.717) is 26.2 Å². The van der Waals surface area contributed by atoms with E-state index in [9.17, 15) is 9.59 Å². The van der Waals surface area contributed by atoms with Crippen molar-refractivity contribution in [3.63, 3.8) is 0 Å². The van der Waals surface area contributed by atoms with E-state index >= 15 is 0 Å². The molecular formula is C22H29BrN4O2. The summed E-state index contributed by atoms with van der Waals surface area (Å²) in [6.45, 7) is 9.89. The SMILES string of the molecule is CCCNC(=O)CN1CCN(C(=O)c2cc(C)n(-c3cccc(Br)c3)c2C)CC1. The molecule has 2 amide bonds. The van der Waals surface area contributed by atoms with Gasteiger partial charge in [-0.05, 0) is 44.5 Å². The molecule has 156 valence electrons. The van der Waals surface area contributed by atoms with Crippen molar-refractivity contribution in [3.05, 3.63) is 51.8 Å². The van der Waals surface area contributed by atoms with Crippen molar-refractivity contribution in [1.29, 1.82) is 0 Å². The fraction of sp³-hybridized carbons (Fsp3) is 0.455. The first-order valence-electron chi connectivity index (χ1n) is 10.1. The minimum absolute atomic E-state index is 0.0594. The highest BCUT2D eigenvalue weighted by molar-refractivity contribution is 9.10. The molecule has 1 aliphatic heterocycles. The van der Waals surface area contributed by atoms with Crippen LogP contribution in [0.2, 0.25) is 0 Å². The van der Waals surface area contributed by atoms with E-state index in [4.69, 9.17) is 0 Å². The van der Waals surface area contributed by atoms with Crippen LogP contribution in [0.4, 0.5) is 0 Å². The minimum atomic E-state index is 0.0594. The van der Waals surface area contributed by atoms with Crippen molar-refractivity contribution in [2.45, 2.75) is 27.2 Å². The number of aryl methyl sites for hydroxylation is 1. The van der Waals surface area contributed by atoms with Crippen LogP contribution < -0.4 is 5.32 Å². The van der Waals surface area contributed by atoms with Gasteiger partial charge in [-0.25, -0.2) is 0 Å². The number of carbonyl (C=O) groups excluding carboxylic acids is 2. The molecule has 0 aliphatic carbocycles. The van der Waals surface area contributed by atoms with Crippen LogP contribution in [0.3, 0.4) is 0 Å². The summed E-state index contributed by atoms with van der Waals surface area (Å²) in [5, 5.41) is 2.91. The summed E-state index contributed by atoms with van der Waals surface area (Å²) in [4.78, 5) is 29.1. The van der Waals surface area contributed by atoms with Gasteiger partial charge in [-0.2, -0.15) is 0 Å².